The normalized spacial score (nSPS) is 13.4. The van der Waals surface area contributed by atoms with Crippen molar-refractivity contribution in [1.82, 2.24) is 29.9 Å². The largest absolute Gasteiger partial charge is 0.347 e. The highest BCUT2D eigenvalue weighted by Crippen LogP contribution is 2.26. The third-order valence-electron chi connectivity index (χ3n) is 6.00. The summed E-state index contributed by atoms with van der Waals surface area (Å²) in [6, 6.07) is 18.2. The molecule has 0 bridgehead atoms. The topological polar surface area (TPSA) is 77.6 Å². The third-order valence-corrected chi connectivity index (χ3v) is 6.00. The molecule has 1 aliphatic carbocycles. The fourth-order valence-electron chi connectivity index (χ4n) is 4.37. The molecule has 2 aromatic carbocycles. The van der Waals surface area contributed by atoms with Gasteiger partial charge in [-0.2, -0.15) is 10.2 Å². The van der Waals surface area contributed by atoms with Crippen molar-refractivity contribution in [3.8, 4) is 5.69 Å². The maximum Gasteiger partial charge on any atom is 0.272 e. The van der Waals surface area contributed by atoms with E-state index in [0.29, 0.717) is 18.8 Å². The first-order valence-electron chi connectivity index (χ1n) is 11.1. The minimum atomic E-state index is -0.117. The van der Waals surface area contributed by atoms with Gasteiger partial charge in [-0.1, -0.05) is 48.9 Å². The van der Waals surface area contributed by atoms with Gasteiger partial charge in [-0.25, -0.2) is 14.3 Å². The van der Waals surface area contributed by atoms with Crippen molar-refractivity contribution in [3.63, 3.8) is 0 Å². The summed E-state index contributed by atoms with van der Waals surface area (Å²) in [5, 5.41) is 12.1. The Bertz CT molecular complexity index is 1200. The molecule has 7 nitrogen and oxygen atoms in total. The number of hydrogen-bond acceptors (Lipinski definition) is 4. The molecule has 0 aliphatic heterocycles. The number of benzene rings is 2. The van der Waals surface area contributed by atoms with E-state index in [-0.39, 0.29) is 5.91 Å². The smallest absolute Gasteiger partial charge is 0.272 e. The first-order chi connectivity index (χ1) is 15.8. The summed E-state index contributed by atoms with van der Waals surface area (Å²) < 4.78 is 3.75. The predicted octanol–water partition coefficient (Wildman–Crippen LogP) is 3.71. The van der Waals surface area contributed by atoms with E-state index in [4.69, 9.17) is 5.10 Å². The molecule has 2 aromatic heterocycles. The van der Waals surface area contributed by atoms with Crippen LogP contribution in [0.5, 0.6) is 0 Å². The summed E-state index contributed by atoms with van der Waals surface area (Å²) >= 11 is 0. The molecular weight excluding hydrogens is 400 g/mol. The zero-order chi connectivity index (χ0) is 21.8. The SMILES string of the molecule is O=C(NCc1ccccc1Cn1cncn1)c1nn(-c2ccccc2)c2c1CCCCC2. The molecule has 162 valence electrons. The molecule has 0 spiro atoms. The van der Waals surface area contributed by atoms with E-state index in [9.17, 15) is 4.79 Å². The van der Waals surface area contributed by atoms with Gasteiger partial charge in [0.15, 0.2) is 5.69 Å². The van der Waals surface area contributed by atoms with Gasteiger partial charge in [0.2, 0.25) is 0 Å². The third kappa shape index (κ3) is 4.19. The van der Waals surface area contributed by atoms with Gasteiger partial charge in [0.25, 0.3) is 5.91 Å². The second-order valence-electron chi connectivity index (χ2n) is 8.13. The van der Waals surface area contributed by atoms with E-state index in [0.717, 1.165) is 48.1 Å². The lowest BCUT2D eigenvalue weighted by molar-refractivity contribution is 0.0944. The molecule has 1 N–H and O–H groups in total. The fourth-order valence-corrected chi connectivity index (χ4v) is 4.37. The maximum absolute atomic E-state index is 13.3. The second kappa shape index (κ2) is 9.18. The van der Waals surface area contributed by atoms with Gasteiger partial charge >= 0.3 is 0 Å². The van der Waals surface area contributed by atoms with E-state index in [1.54, 1.807) is 11.0 Å². The standard InChI is InChI=1S/C25H26N6O/c32-25(27-15-19-9-7-8-10-20(19)16-30-18-26-17-28-30)24-22-13-5-2-6-14-23(22)31(29-24)21-11-3-1-4-12-21/h1,3-4,7-12,17-18H,2,5-6,13-16H2,(H,27,32). The number of carbonyl (C=O) groups excluding carboxylic acids is 1. The van der Waals surface area contributed by atoms with E-state index >= 15 is 0 Å². The highest BCUT2D eigenvalue weighted by atomic mass is 16.1. The van der Waals surface area contributed by atoms with E-state index in [1.165, 1.54) is 18.4 Å². The van der Waals surface area contributed by atoms with Crippen molar-refractivity contribution in [3.05, 3.63) is 95.3 Å². The lowest BCUT2D eigenvalue weighted by Crippen LogP contribution is -2.25. The van der Waals surface area contributed by atoms with Gasteiger partial charge in [-0.15, -0.1) is 0 Å². The lowest BCUT2D eigenvalue weighted by atomic mass is 10.1. The highest BCUT2D eigenvalue weighted by molar-refractivity contribution is 5.94. The Balaban J connectivity index is 1.39. The quantitative estimate of drug-likeness (QED) is 0.477. The molecule has 1 aliphatic rings. The zero-order valence-electron chi connectivity index (χ0n) is 17.9. The summed E-state index contributed by atoms with van der Waals surface area (Å²) in [6.45, 7) is 1.06. The molecule has 1 amide bonds. The predicted molar refractivity (Wildman–Crippen MR) is 122 cm³/mol. The molecule has 2 heterocycles. The minimum absolute atomic E-state index is 0.117. The molecule has 32 heavy (non-hydrogen) atoms. The van der Waals surface area contributed by atoms with Crippen LogP contribution in [0.15, 0.2) is 67.3 Å². The molecule has 0 saturated carbocycles. The molecule has 0 fully saturated rings. The maximum atomic E-state index is 13.3. The van der Waals surface area contributed by atoms with Crippen LogP contribution < -0.4 is 5.32 Å². The number of aromatic nitrogens is 5. The van der Waals surface area contributed by atoms with Crippen molar-refractivity contribution in [2.24, 2.45) is 0 Å². The summed E-state index contributed by atoms with van der Waals surface area (Å²) in [5.74, 6) is -0.117. The zero-order valence-corrected chi connectivity index (χ0v) is 17.9. The Labute approximate surface area is 187 Å². The highest BCUT2D eigenvalue weighted by Gasteiger charge is 2.24. The van der Waals surface area contributed by atoms with Crippen LogP contribution in [0.2, 0.25) is 0 Å². The second-order valence-corrected chi connectivity index (χ2v) is 8.13. The van der Waals surface area contributed by atoms with Gasteiger partial charge < -0.3 is 5.32 Å². The van der Waals surface area contributed by atoms with E-state index in [2.05, 4.69) is 21.5 Å². The number of nitrogens with zero attached hydrogens (tertiary/aromatic N) is 5. The molecule has 0 unspecified atom stereocenters. The number of carbonyl (C=O) groups is 1. The number of amides is 1. The van der Waals surface area contributed by atoms with Gasteiger partial charge in [-0.05, 0) is 48.9 Å². The van der Waals surface area contributed by atoms with E-state index in [1.807, 2.05) is 53.2 Å². The van der Waals surface area contributed by atoms with Crippen molar-refractivity contribution < 1.29 is 4.79 Å². The molecule has 4 aromatic rings. The van der Waals surface area contributed by atoms with Crippen molar-refractivity contribution >= 4 is 5.91 Å². The van der Waals surface area contributed by atoms with E-state index < -0.39 is 0 Å². The van der Waals surface area contributed by atoms with Gasteiger partial charge in [0.1, 0.15) is 12.7 Å². The van der Waals surface area contributed by atoms with Crippen molar-refractivity contribution in [2.45, 2.75) is 45.2 Å². The van der Waals surface area contributed by atoms with Crippen LogP contribution in [0.25, 0.3) is 5.69 Å². The average molecular weight is 427 g/mol. The van der Waals surface area contributed by atoms with Crippen LogP contribution in [0.4, 0.5) is 0 Å². The van der Waals surface area contributed by atoms with Crippen LogP contribution in [-0.4, -0.2) is 30.5 Å². The number of para-hydroxylation sites is 1. The summed E-state index contributed by atoms with van der Waals surface area (Å²) in [6.07, 6.45) is 8.47. The number of nitrogens with one attached hydrogen (secondary N) is 1. The molecule has 0 saturated heterocycles. The first-order valence-corrected chi connectivity index (χ1v) is 11.1. The molecular formula is C25H26N6O. The van der Waals surface area contributed by atoms with Gasteiger partial charge in [0.05, 0.1) is 12.2 Å². The monoisotopic (exact) mass is 426 g/mol. The van der Waals surface area contributed by atoms with Crippen LogP contribution in [0, 0.1) is 0 Å². The average Bonchev–Trinajstić information content (AvgIpc) is 3.40. The Morgan fingerprint density at radius 1 is 0.938 bits per heavy atom. The van der Waals surface area contributed by atoms with Crippen LogP contribution in [0.1, 0.15) is 52.1 Å². The van der Waals surface area contributed by atoms with Crippen LogP contribution >= 0.6 is 0 Å². The van der Waals surface area contributed by atoms with Gasteiger partial charge in [0, 0.05) is 17.8 Å². The summed E-state index contributed by atoms with van der Waals surface area (Å²) in [4.78, 5) is 17.3. The minimum Gasteiger partial charge on any atom is -0.347 e. The Morgan fingerprint density at radius 2 is 1.72 bits per heavy atom. The Morgan fingerprint density at radius 3 is 2.53 bits per heavy atom. The van der Waals surface area contributed by atoms with Crippen LogP contribution in [-0.2, 0) is 25.9 Å². The molecule has 7 heteroatoms. The Hall–Kier alpha value is -3.74. The Kier molecular flexibility index (Phi) is 5.79. The summed E-state index contributed by atoms with van der Waals surface area (Å²) in [5.41, 5.74) is 5.99. The first kappa shape index (κ1) is 20.2. The summed E-state index contributed by atoms with van der Waals surface area (Å²) in [7, 11) is 0. The van der Waals surface area contributed by atoms with Crippen molar-refractivity contribution in [2.75, 3.05) is 0 Å². The number of hydrogen-bond donors (Lipinski definition) is 1. The number of rotatable bonds is 6. The van der Waals surface area contributed by atoms with Crippen LogP contribution in [0.3, 0.4) is 0 Å². The molecule has 0 atom stereocenters. The molecule has 5 rings (SSSR count). The lowest BCUT2D eigenvalue weighted by Gasteiger charge is -2.10. The fraction of sp³-hybridized carbons (Fsp3) is 0.280. The van der Waals surface area contributed by atoms with Crippen molar-refractivity contribution in [1.29, 1.82) is 0 Å². The number of fused-ring (bicyclic) bond motifs is 1. The van der Waals surface area contributed by atoms with Gasteiger partial charge in [-0.3, -0.25) is 4.79 Å². The molecule has 0 radical (unpaired) electrons.